The molecule has 1 heterocycles. The number of hydrogen-bond donors (Lipinski definition) is 0. The van der Waals surface area contributed by atoms with Gasteiger partial charge in [0.1, 0.15) is 5.60 Å². The number of ether oxygens (including phenoxy) is 1. The molecule has 0 aromatic rings. The third-order valence-corrected chi connectivity index (χ3v) is 3.76. The lowest BCUT2D eigenvalue weighted by atomic mass is 9.83. The van der Waals surface area contributed by atoms with E-state index in [-0.39, 0.29) is 11.5 Å². The molecule has 0 aliphatic carbocycles. The number of amides is 1. The molecular weight excluding hydrogens is 270 g/mol. The van der Waals surface area contributed by atoms with Crippen LogP contribution < -0.4 is 0 Å². The van der Waals surface area contributed by atoms with Gasteiger partial charge in [-0.2, -0.15) is 0 Å². The van der Waals surface area contributed by atoms with Gasteiger partial charge in [0.2, 0.25) is 0 Å². The molecule has 0 aromatic carbocycles. The minimum atomic E-state index is -0.409. The molecule has 94 valence electrons. The molecule has 1 aliphatic heterocycles. The third-order valence-electron chi connectivity index (χ3n) is 2.98. The van der Waals surface area contributed by atoms with Crippen LogP contribution in [-0.2, 0) is 4.74 Å². The zero-order valence-corrected chi connectivity index (χ0v) is 12.4. The second kappa shape index (κ2) is 4.55. The van der Waals surface area contributed by atoms with Crippen LogP contribution in [0.4, 0.5) is 4.79 Å². The van der Waals surface area contributed by atoms with Crippen molar-refractivity contribution in [3.8, 4) is 0 Å². The largest absolute Gasteiger partial charge is 0.444 e. The molecule has 1 saturated heterocycles. The normalized spacial score (nSPS) is 24.6. The zero-order valence-electron chi connectivity index (χ0n) is 10.8. The predicted octanol–water partition coefficient (Wildman–Crippen LogP) is 3.27. The number of carbonyl (C=O) groups is 1. The maximum Gasteiger partial charge on any atom is 0.410 e. The Hall–Kier alpha value is -0.250. The molecule has 1 atom stereocenters. The Morgan fingerprint density at radius 3 is 2.44 bits per heavy atom. The summed E-state index contributed by atoms with van der Waals surface area (Å²) in [6.07, 6.45) is -0.191. The first-order chi connectivity index (χ1) is 7.15. The van der Waals surface area contributed by atoms with Gasteiger partial charge in [-0.1, -0.05) is 29.8 Å². The van der Waals surface area contributed by atoms with Crippen molar-refractivity contribution in [1.82, 2.24) is 4.90 Å². The van der Waals surface area contributed by atoms with Gasteiger partial charge in [0, 0.05) is 18.4 Å². The molecule has 0 aromatic heterocycles. The molecule has 0 N–H and O–H groups in total. The highest BCUT2D eigenvalue weighted by molar-refractivity contribution is 9.09. The fraction of sp³-hybridized carbons (Fsp3) is 0.917. The van der Waals surface area contributed by atoms with Crippen LogP contribution >= 0.6 is 15.9 Å². The van der Waals surface area contributed by atoms with Crippen LogP contribution in [-0.4, -0.2) is 35.0 Å². The minimum absolute atomic E-state index is 0.167. The monoisotopic (exact) mass is 291 g/mol. The van der Waals surface area contributed by atoms with Crippen molar-refractivity contribution in [2.24, 2.45) is 11.3 Å². The van der Waals surface area contributed by atoms with E-state index in [4.69, 9.17) is 4.74 Å². The Morgan fingerprint density at radius 2 is 2.06 bits per heavy atom. The summed E-state index contributed by atoms with van der Waals surface area (Å²) in [4.78, 5) is 13.7. The highest BCUT2D eigenvalue weighted by atomic mass is 79.9. The van der Waals surface area contributed by atoms with Crippen molar-refractivity contribution >= 4 is 22.0 Å². The van der Waals surface area contributed by atoms with E-state index in [1.807, 2.05) is 25.7 Å². The van der Waals surface area contributed by atoms with E-state index in [0.717, 1.165) is 18.4 Å². The summed E-state index contributed by atoms with van der Waals surface area (Å²) >= 11 is 3.51. The number of alkyl halides is 1. The minimum Gasteiger partial charge on any atom is -0.444 e. The third kappa shape index (κ3) is 3.37. The first kappa shape index (κ1) is 13.8. The number of likely N-dealkylation sites (tertiary alicyclic amines) is 1. The summed E-state index contributed by atoms with van der Waals surface area (Å²) in [5.74, 6) is 0.500. The average Bonchev–Trinajstić information content (AvgIpc) is 2.37. The summed E-state index contributed by atoms with van der Waals surface area (Å²) in [7, 11) is 0. The molecule has 0 bridgehead atoms. The van der Waals surface area contributed by atoms with Crippen LogP contribution in [0.25, 0.3) is 0 Å². The summed E-state index contributed by atoms with van der Waals surface area (Å²) in [5.41, 5.74) is -0.242. The van der Waals surface area contributed by atoms with Gasteiger partial charge in [0.05, 0.1) is 0 Å². The maximum atomic E-state index is 11.9. The number of halogens is 1. The smallest absolute Gasteiger partial charge is 0.410 e. The van der Waals surface area contributed by atoms with Crippen LogP contribution in [0, 0.1) is 11.3 Å². The molecule has 1 rings (SSSR count). The molecule has 1 aliphatic rings. The van der Waals surface area contributed by atoms with Crippen LogP contribution in [0.1, 0.15) is 34.6 Å². The molecule has 1 fully saturated rings. The van der Waals surface area contributed by atoms with Gasteiger partial charge in [-0.05, 0) is 32.1 Å². The first-order valence-corrected chi connectivity index (χ1v) is 6.82. The topological polar surface area (TPSA) is 29.5 Å². The van der Waals surface area contributed by atoms with Crippen molar-refractivity contribution < 1.29 is 9.53 Å². The highest BCUT2D eigenvalue weighted by Crippen LogP contribution is 2.36. The van der Waals surface area contributed by atoms with Crippen LogP contribution in [0.5, 0.6) is 0 Å². The summed E-state index contributed by atoms with van der Waals surface area (Å²) in [6, 6.07) is 0. The summed E-state index contributed by atoms with van der Waals surface area (Å²) in [5, 5.41) is 0.930. The van der Waals surface area contributed by atoms with Crippen LogP contribution in [0.15, 0.2) is 0 Å². The van der Waals surface area contributed by atoms with Crippen molar-refractivity contribution in [2.45, 2.75) is 40.2 Å². The Balaban J connectivity index is 2.62. The number of nitrogens with zero attached hydrogens (tertiary/aromatic N) is 1. The molecule has 0 spiro atoms. The molecule has 16 heavy (non-hydrogen) atoms. The van der Waals surface area contributed by atoms with Gasteiger partial charge in [-0.15, -0.1) is 0 Å². The van der Waals surface area contributed by atoms with E-state index in [2.05, 4.69) is 29.8 Å². The van der Waals surface area contributed by atoms with Gasteiger partial charge >= 0.3 is 6.09 Å². The molecule has 1 amide bonds. The average molecular weight is 292 g/mol. The van der Waals surface area contributed by atoms with E-state index in [1.165, 1.54) is 0 Å². The molecule has 0 saturated carbocycles. The molecule has 0 radical (unpaired) electrons. The van der Waals surface area contributed by atoms with Gasteiger partial charge in [0.15, 0.2) is 0 Å². The van der Waals surface area contributed by atoms with Crippen molar-refractivity contribution in [1.29, 1.82) is 0 Å². The lowest BCUT2D eigenvalue weighted by Gasteiger charge is -2.25. The highest BCUT2D eigenvalue weighted by Gasteiger charge is 2.41. The predicted molar refractivity (Wildman–Crippen MR) is 68.9 cm³/mol. The SMILES string of the molecule is CC(C)(C)OC(=O)N1CC(CBr)C(C)(C)C1. The number of hydrogen-bond acceptors (Lipinski definition) is 2. The van der Waals surface area contributed by atoms with Crippen molar-refractivity contribution in [3.63, 3.8) is 0 Å². The van der Waals surface area contributed by atoms with Gasteiger partial charge in [-0.25, -0.2) is 4.79 Å². The first-order valence-electron chi connectivity index (χ1n) is 5.69. The number of rotatable bonds is 1. The Kier molecular flexibility index (Phi) is 3.93. The van der Waals surface area contributed by atoms with Crippen LogP contribution in [0.3, 0.4) is 0 Å². The van der Waals surface area contributed by atoms with E-state index in [9.17, 15) is 4.79 Å². The quantitative estimate of drug-likeness (QED) is 0.694. The lowest BCUT2D eigenvalue weighted by Crippen LogP contribution is -2.36. The van der Waals surface area contributed by atoms with Gasteiger partial charge in [0.25, 0.3) is 0 Å². The van der Waals surface area contributed by atoms with E-state index >= 15 is 0 Å². The second-order valence-electron chi connectivity index (χ2n) is 6.20. The molecule has 1 unspecified atom stereocenters. The Bertz CT molecular complexity index is 271. The summed E-state index contributed by atoms with van der Waals surface area (Å²) in [6.45, 7) is 11.6. The number of carbonyl (C=O) groups excluding carboxylic acids is 1. The van der Waals surface area contributed by atoms with Gasteiger partial charge in [-0.3, -0.25) is 0 Å². The van der Waals surface area contributed by atoms with Crippen molar-refractivity contribution in [3.05, 3.63) is 0 Å². The fourth-order valence-corrected chi connectivity index (χ4v) is 3.00. The van der Waals surface area contributed by atoms with Crippen LogP contribution in [0.2, 0.25) is 0 Å². The maximum absolute atomic E-state index is 11.9. The molecule has 3 nitrogen and oxygen atoms in total. The van der Waals surface area contributed by atoms with Gasteiger partial charge < -0.3 is 9.64 Å². The van der Waals surface area contributed by atoms with E-state index in [1.54, 1.807) is 0 Å². The standard InChI is InChI=1S/C12H22BrNO2/c1-11(2,3)16-10(15)14-7-9(6-13)12(4,5)8-14/h9H,6-8H2,1-5H3. The molecular formula is C12H22BrNO2. The summed E-state index contributed by atoms with van der Waals surface area (Å²) < 4.78 is 5.38. The Morgan fingerprint density at radius 1 is 1.50 bits per heavy atom. The van der Waals surface area contributed by atoms with Crippen molar-refractivity contribution in [2.75, 3.05) is 18.4 Å². The fourth-order valence-electron chi connectivity index (χ4n) is 1.92. The zero-order chi connectivity index (χ0) is 12.6. The molecule has 4 heteroatoms. The second-order valence-corrected chi connectivity index (χ2v) is 6.85. The van der Waals surface area contributed by atoms with E-state index in [0.29, 0.717) is 5.92 Å². The van der Waals surface area contributed by atoms with E-state index < -0.39 is 5.60 Å². The Labute approximate surface area is 107 Å². The lowest BCUT2D eigenvalue weighted by molar-refractivity contribution is 0.0277.